The average molecular weight is 326 g/mol. The molecule has 6 heteroatoms. The van der Waals surface area contributed by atoms with Crippen LogP contribution >= 0.6 is 0 Å². The first kappa shape index (κ1) is 16.2. The summed E-state index contributed by atoms with van der Waals surface area (Å²) in [5.74, 6) is 0.571. The highest BCUT2D eigenvalue weighted by molar-refractivity contribution is 5.96. The summed E-state index contributed by atoms with van der Waals surface area (Å²) in [6.07, 6.45) is 4.36. The minimum Gasteiger partial charge on any atom is -0.349 e. The molecule has 2 heterocycles. The van der Waals surface area contributed by atoms with Crippen molar-refractivity contribution in [2.45, 2.75) is 33.2 Å². The van der Waals surface area contributed by atoms with Gasteiger partial charge in [-0.1, -0.05) is 6.07 Å². The fraction of sp³-hybridized carbons (Fsp3) is 0.389. The third-order valence-electron chi connectivity index (χ3n) is 4.57. The Balaban J connectivity index is 1.67. The quantitative estimate of drug-likeness (QED) is 0.903. The minimum absolute atomic E-state index is 0.0345. The molecule has 0 radical (unpaired) electrons. The highest BCUT2D eigenvalue weighted by Gasteiger charge is 2.31. The van der Waals surface area contributed by atoms with E-state index in [2.05, 4.69) is 15.3 Å². The SMILES string of the molecule is Cc1ccc(N2C[C@@H](C(=O)NCc3ncc[nH]3)CCC2=O)cc1C. The molecule has 1 aliphatic heterocycles. The van der Waals surface area contributed by atoms with Crippen LogP contribution in [0.1, 0.15) is 29.8 Å². The van der Waals surface area contributed by atoms with Crippen LogP contribution in [0.3, 0.4) is 0 Å². The number of nitrogens with zero attached hydrogens (tertiary/aromatic N) is 2. The van der Waals surface area contributed by atoms with Crippen LogP contribution < -0.4 is 10.2 Å². The molecule has 0 spiro atoms. The van der Waals surface area contributed by atoms with Crippen molar-refractivity contribution in [2.24, 2.45) is 5.92 Å². The lowest BCUT2D eigenvalue weighted by molar-refractivity contribution is -0.127. The average Bonchev–Trinajstić information content (AvgIpc) is 3.09. The van der Waals surface area contributed by atoms with E-state index in [9.17, 15) is 9.59 Å². The van der Waals surface area contributed by atoms with Crippen molar-refractivity contribution in [3.8, 4) is 0 Å². The molecule has 0 unspecified atom stereocenters. The first-order valence-electron chi connectivity index (χ1n) is 8.18. The number of aryl methyl sites for hydroxylation is 2. The van der Waals surface area contributed by atoms with Gasteiger partial charge in [0, 0.05) is 31.0 Å². The van der Waals surface area contributed by atoms with Gasteiger partial charge >= 0.3 is 0 Å². The second kappa shape index (κ2) is 6.86. The Labute approximate surface area is 141 Å². The fourth-order valence-electron chi connectivity index (χ4n) is 2.91. The summed E-state index contributed by atoms with van der Waals surface area (Å²) in [6.45, 7) is 4.87. The van der Waals surface area contributed by atoms with Crippen LogP contribution in [0.15, 0.2) is 30.6 Å². The summed E-state index contributed by atoms with van der Waals surface area (Å²) >= 11 is 0. The molecular formula is C18H22N4O2. The van der Waals surface area contributed by atoms with E-state index in [0.29, 0.717) is 25.9 Å². The Bertz CT molecular complexity index is 739. The van der Waals surface area contributed by atoms with Crippen molar-refractivity contribution in [1.29, 1.82) is 0 Å². The van der Waals surface area contributed by atoms with Crippen molar-refractivity contribution in [3.05, 3.63) is 47.5 Å². The molecule has 6 nitrogen and oxygen atoms in total. The van der Waals surface area contributed by atoms with Crippen LogP contribution in [-0.2, 0) is 16.1 Å². The summed E-state index contributed by atoms with van der Waals surface area (Å²) in [5, 5.41) is 2.89. The standard InChI is InChI=1S/C18H22N4O2/c1-12-3-5-15(9-13(12)2)22-11-14(4-6-17(22)23)18(24)21-10-16-19-7-8-20-16/h3,5,7-9,14H,4,6,10-11H2,1-2H3,(H,19,20)(H,21,24)/t14-/m0/s1. The number of amides is 2. The second-order valence-corrected chi connectivity index (χ2v) is 6.26. The number of benzene rings is 1. The second-order valence-electron chi connectivity index (χ2n) is 6.26. The topological polar surface area (TPSA) is 78.1 Å². The Morgan fingerprint density at radius 1 is 1.38 bits per heavy atom. The largest absolute Gasteiger partial charge is 0.349 e. The Morgan fingerprint density at radius 2 is 2.21 bits per heavy atom. The van der Waals surface area contributed by atoms with E-state index in [-0.39, 0.29) is 17.7 Å². The molecule has 2 amide bonds. The van der Waals surface area contributed by atoms with Crippen LogP contribution in [-0.4, -0.2) is 28.3 Å². The van der Waals surface area contributed by atoms with Gasteiger partial charge in [-0.15, -0.1) is 0 Å². The van der Waals surface area contributed by atoms with Crippen molar-refractivity contribution in [1.82, 2.24) is 15.3 Å². The maximum absolute atomic E-state index is 12.4. The summed E-state index contributed by atoms with van der Waals surface area (Å²) in [5.41, 5.74) is 3.20. The molecule has 126 valence electrons. The van der Waals surface area contributed by atoms with Crippen molar-refractivity contribution >= 4 is 17.5 Å². The zero-order valence-electron chi connectivity index (χ0n) is 14.0. The van der Waals surface area contributed by atoms with Gasteiger partial charge in [0.05, 0.1) is 12.5 Å². The first-order valence-corrected chi connectivity index (χ1v) is 8.18. The van der Waals surface area contributed by atoms with E-state index in [1.165, 1.54) is 5.56 Å². The van der Waals surface area contributed by atoms with Gasteiger partial charge in [-0.25, -0.2) is 4.98 Å². The van der Waals surface area contributed by atoms with E-state index in [1.807, 2.05) is 32.0 Å². The van der Waals surface area contributed by atoms with Gasteiger partial charge in [0.1, 0.15) is 5.82 Å². The van der Waals surface area contributed by atoms with Gasteiger partial charge in [0.15, 0.2) is 0 Å². The monoisotopic (exact) mass is 326 g/mol. The van der Waals surface area contributed by atoms with Crippen LogP contribution in [0.2, 0.25) is 0 Å². The number of aromatic amines is 1. The number of carbonyl (C=O) groups excluding carboxylic acids is 2. The number of carbonyl (C=O) groups is 2. The van der Waals surface area contributed by atoms with Crippen molar-refractivity contribution in [2.75, 3.05) is 11.4 Å². The number of piperidine rings is 1. The fourth-order valence-corrected chi connectivity index (χ4v) is 2.91. The van der Waals surface area contributed by atoms with Gasteiger partial charge in [0.2, 0.25) is 11.8 Å². The van der Waals surface area contributed by atoms with Gasteiger partial charge < -0.3 is 15.2 Å². The maximum atomic E-state index is 12.4. The Morgan fingerprint density at radius 3 is 2.92 bits per heavy atom. The smallest absolute Gasteiger partial charge is 0.227 e. The van der Waals surface area contributed by atoms with E-state index in [1.54, 1.807) is 17.3 Å². The summed E-state index contributed by atoms with van der Waals surface area (Å²) < 4.78 is 0. The molecule has 0 bridgehead atoms. The van der Waals surface area contributed by atoms with Crippen molar-refractivity contribution < 1.29 is 9.59 Å². The number of hydrogen-bond donors (Lipinski definition) is 2. The highest BCUT2D eigenvalue weighted by Crippen LogP contribution is 2.26. The van der Waals surface area contributed by atoms with E-state index in [0.717, 1.165) is 17.1 Å². The molecule has 3 rings (SSSR count). The summed E-state index contributed by atoms with van der Waals surface area (Å²) in [7, 11) is 0. The normalized spacial score (nSPS) is 17.8. The molecule has 1 aromatic carbocycles. The Kier molecular flexibility index (Phi) is 4.64. The zero-order valence-corrected chi connectivity index (χ0v) is 14.0. The molecule has 1 aliphatic rings. The molecule has 1 aromatic heterocycles. The highest BCUT2D eigenvalue weighted by atomic mass is 16.2. The van der Waals surface area contributed by atoms with Crippen LogP contribution in [0, 0.1) is 19.8 Å². The predicted octanol–water partition coefficient (Wildman–Crippen LogP) is 2.09. The molecule has 1 saturated heterocycles. The third kappa shape index (κ3) is 3.48. The lowest BCUT2D eigenvalue weighted by atomic mass is 9.95. The number of hydrogen-bond acceptors (Lipinski definition) is 3. The van der Waals surface area contributed by atoms with Crippen LogP contribution in [0.25, 0.3) is 0 Å². The molecule has 24 heavy (non-hydrogen) atoms. The molecule has 0 saturated carbocycles. The lowest BCUT2D eigenvalue weighted by Crippen LogP contribution is -2.45. The van der Waals surface area contributed by atoms with E-state index in [4.69, 9.17) is 0 Å². The Hall–Kier alpha value is -2.63. The molecule has 2 N–H and O–H groups in total. The van der Waals surface area contributed by atoms with Gasteiger partial charge in [-0.05, 0) is 43.5 Å². The number of aromatic nitrogens is 2. The molecule has 1 fully saturated rings. The van der Waals surface area contributed by atoms with E-state index >= 15 is 0 Å². The number of anilines is 1. The molecule has 2 aromatic rings. The molecule has 0 aliphatic carbocycles. The molecular weight excluding hydrogens is 304 g/mol. The van der Waals surface area contributed by atoms with Crippen molar-refractivity contribution in [3.63, 3.8) is 0 Å². The minimum atomic E-state index is -0.195. The number of imidazole rings is 1. The summed E-state index contributed by atoms with van der Waals surface area (Å²) in [6, 6.07) is 5.97. The van der Waals surface area contributed by atoms with Crippen LogP contribution in [0.4, 0.5) is 5.69 Å². The predicted molar refractivity (Wildman–Crippen MR) is 91.4 cm³/mol. The number of H-pyrrole nitrogens is 1. The lowest BCUT2D eigenvalue weighted by Gasteiger charge is -2.32. The third-order valence-corrected chi connectivity index (χ3v) is 4.57. The number of nitrogens with one attached hydrogen (secondary N) is 2. The van der Waals surface area contributed by atoms with Crippen LogP contribution in [0.5, 0.6) is 0 Å². The van der Waals surface area contributed by atoms with Gasteiger partial charge in [0.25, 0.3) is 0 Å². The maximum Gasteiger partial charge on any atom is 0.227 e. The first-order chi connectivity index (χ1) is 11.5. The number of rotatable bonds is 4. The zero-order chi connectivity index (χ0) is 17.1. The van der Waals surface area contributed by atoms with E-state index < -0.39 is 0 Å². The van der Waals surface area contributed by atoms with Gasteiger partial charge in [-0.3, -0.25) is 9.59 Å². The molecule has 1 atom stereocenters. The van der Waals surface area contributed by atoms with Gasteiger partial charge in [-0.2, -0.15) is 0 Å². The summed E-state index contributed by atoms with van der Waals surface area (Å²) in [4.78, 5) is 33.5.